The van der Waals surface area contributed by atoms with Gasteiger partial charge in [0.2, 0.25) is 0 Å². The SMILES string of the molecule is CCS(=O)C1CCCC(NC(=NC)NCC2(c3ccc(F)cc3)CC2)C1.I. The Kier molecular flexibility index (Phi) is 8.52. The Morgan fingerprint density at radius 2 is 2.00 bits per heavy atom. The van der Waals surface area contributed by atoms with E-state index in [0.717, 1.165) is 56.8 Å². The number of guanidine groups is 1. The fourth-order valence-corrected chi connectivity index (χ4v) is 5.26. The van der Waals surface area contributed by atoms with Gasteiger partial charge in [0.25, 0.3) is 0 Å². The van der Waals surface area contributed by atoms with Crippen molar-refractivity contribution in [2.45, 2.75) is 62.2 Å². The standard InChI is InChI=1S/C20H30FN3OS.HI/c1-3-26(25)18-6-4-5-17(13-18)24-19(22-2)23-14-20(11-12-20)15-7-9-16(21)10-8-15;/h7-10,17-18H,3-6,11-14H2,1-2H3,(H2,22,23,24);1H. The second-order valence-electron chi connectivity index (χ2n) is 7.51. The number of aliphatic imine (C=N–C) groups is 1. The van der Waals surface area contributed by atoms with Crippen LogP contribution < -0.4 is 10.6 Å². The minimum Gasteiger partial charge on any atom is -0.356 e. The van der Waals surface area contributed by atoms with E-state index < -0.39 is 10.8 Å². The molecule has 0 bridgehead atoms. The summed E-state index contributed by atoms with van der Waals surface area (Å²) in [5.74, 6) is 1.36. The maximum atomic E-state index is 13.2. The molecule has 0 heterocycles. The highest BCUT2D eigenvalue weighted by Crippen LogP contribution is 2.47. The molecule has 3 rings (SSSR count). The molecule has 2 saturated carbocycles. The highest BCUT2D eigenvalue weighted by Gasteiger charge is 2.44. The lowest BCUT2D eigenvalue weighted by molar-refractivity contribution is 0.413. The Labute approximate surface area is 181 Å². The second-order valence-corrected chi connectivity index (χ2v) is 9.52. The zero-order valence-corrected chi connectivity index (χ0v) is 19.3. The van der Waals surface area contributed by atoms with Crippen molar-refractivity contribution in [1.29, 1.82) is 0 Å². The number of halogens is 2. The number of benzene rings is 1. The van der Waals surface area contributed by atoms with Crippen LogP contribution >= 0.6 is 24.0 Å². The molecule has 27 heavy (non-hydrogen) atoms. The fourth-order valence-electron chi connectivity index (χ4n) is 3.91. The van der Waals surface area contributed by atoms with E-state index in [1.54, 1.807) is 19.2 Å². The molecule has 0 saturated heterocycles. The van der Waals surface area contributed by atoms with Gasteiger partial charge in [-0.05, 0) is 49.8 Å². The summed E-state index contributed by atoms with van der Waals surface area (Å²) in [6.07, 6.45) is 6.46. The molecule has 1 aromatic carbocycles. The topological polar surface area (TPSA) is 53.5 Å². The highest BCUT2D eigenvalue weighted by atomic mass is 127. The predicted octanol–water partition coefficient (Wildman–Crippen LogP) is 3.72. The first kappa shape index (κ1) is 22.6. The number of rotatable bonds is 6. The molecule has 2 aliphatic carbocycles. The third kappa shape index (κ3) is 5.89. The normalized spacial score (nSPS) is 25.2. The number of hydrogen-bond acceptors (Lipinski definition) is 2. The molecule has 3 unspecified atom stereocenters. The van der Waals surface area contributed by atoms with Gasteiger partial charge in [0.15, 0.2) is 5.96 Å². The maximum Gasteiger partial charge on any atom is 0.191 e. The Hall–Kier alpha value is -0.700. The summed E-state index contributed by atoms with van der Waals surface area (Å²) in [5.41, 5.74) is 1.29. The summed E-state index contributed by atoms with van der Waals surface area (Å²) >= 11 is 0. The molecule has 2 N–H and O–H groups in total. The lowest BCUT2D eigenvalue weighted by Gasteiger charge is -2.30. The van der Waals surface area contributed by atoms with Crippen molar-refractivity contribution in [3.8, 4) is 0 Å². The molecular weight excluding hydrogens is 476 g/mol. The van der Waals surface area contributed by atoms with Crippen LogP contribution in [0.3, 0.4) is 0 Å². The first-order chi connectivity index (χ1) is 12.6. The first-order valence-corrected chi connectivity index (χ1v) is 11.0. The van der Waals surface area contributed by atoms with Gasteiger partial charge in [-0.25, -0.2) is 4.39 Å². The molecule has 7 heteroatoms. The van der Waals surface area contributed by atoms with Crippen molar-refractivity contribution in [3.63, 3.8) is 0 Å². The van der Waals surface area contributed by atoms with Crippen LogP contribution in [-0.2, 0) is 16.2 Å². The van der Waals surface area contributed by atoms with E-state index in [1.165, 1.54) is 5.56 Å². The van der Waals surface area contributed by atoms with Crippen LogP contribution in [0.25, 0.3) is 0 Å². The summed E-state index contributed by atoms with van der Waals surface area (Å²) < 4.78 is 25.3. The van der Waals surface area contributed by atoms with E-state index in [1.807, 2.05) is 19.1 Å². The van der Waals surface area contributed by atoms with Gasteiger partial charge in [0.1, 0.15) is 5.82 Å². The third-order valence-corrected chi connectivity index (χ3v) is 7.49. The van der Waals surface area contributed by atoms with Gasteiger partial charge in [-0.15, -0.1) is 24.0 Å². The van der Waals surface area contributed by atoms with E-state index in [2.05, 4.69) is 15.6 Å². The van der Waals surface area contributed by atoms with Crippen LogP contribution in [0.5, 0.6) is 0 Å². The van der Waals surface area contributed by atoms with E-state index >= 15 is 0 Å². The molecule has 2 fully saturated rings. The zero-order valence-electron chi connectivity index (χ0n) is 16.2. The largest absolute Gasteiger partial charge is 0.356 e. The summed E-state index contributed by atoms with van der Waals surface area (Å²) in [6, 6.07) is 7.20. The Balaban J connectivity index is 0.00000261. The Morgan fingerprint density at radius 1 is 1.30 bits per heavy atom. The summed E-state index contributed by atoms with van der Waals surface area (Å²) in [6.45, 7) is 2.80. The van der Waals surface area contributed by atoms with Gasteiger partial charge in [-0.1, -0.05) is 25.5 Å². The van der Waals surface area contributed by atoms with Crippen LogP contribution in [0.4, 0.5) is 4.39 Å². The van der Waals surface area contributed by atoms with Gasteiger partial charge in [0.05, 0.1) is 0 Å². The van der Waals surface area contributed by atoms with Crippen molar-refractivity contribution < 1.29 is 8.60 Å². The fraction of sp³-hybridized carbons (Fsp3) is 0.650. The van der Waals surface area contributed by atoms with Crippen LogP contribution in [0.1, 0.15) is 51.0 Å². The van der Waals surface area contributed by atoms with Crippen LogP contribution in [0.2, 0.25) is 0 Å². The number of nitrogens with one attached hydrogen (secondary N) is 2. The molecule has 2 aliphatic rings. The second kappa shape index (κ2) is 10.2. The predicted molar refractivity (Wildman–Crippen MR) is 122 cm³/mol. The summed E-state index contributed by atoms with van der Waals surface area (Å²) in [4.78, 5) is 4.37. The molecule has 0 amide bonds. The maximum absolute atomic E-state index is 13.2. The molecule has 4 nitrogen and oxygen atoms in total. The quantitative estimate of drug-likeness (QED) is 0.351. The third-order valence-electron chi connectivity index (χ3n) is 5.75. The van der Waals surface area contributed by atoms with Crippen molar-refractivity contribution >= 4 is 40.7 Å². The Bertz CT molecular complexity index is 664. The van der Waals surface area contributed by atoms with Crippen molar-refractivity contribution in [2.24, 2.45) is 4.99 Å². The van der Waals surface area contributed by atoms with Crippen LogP contribution in [-0.4, -0.2) is 40.8 Å². The van der Waals surface area contributed by atoms with Gasteiger partial charge < -0.3 is 10.6 Å². The van der Waals surface area contributed by atoms with Gasteiger partial charge >= 0.3 is 0 Å². The van der Waals surface area contributed by atoms with E-state index in [9.17, 15) is 8.60 Å². The van der Waals surface area contributed by atoms with Crippen molar-refractivity contribution in [2.75, 3.05) is 19.3 Å². The van der Waals surface area contributed by atoms with Gasteiger partial charge in [-0.2, -0.15) is 0 Å². The molecule has 152 valence electrons. The smallest absolute Gasteiger partial charge is 0.191 e. The summed E-state index contributed by atoms with van der Waals surface area (Å²) in [7, 11) is 1.07. The average Bonchev–Trinajstić information content (AvgIpc) is 3.46. The van der Waals surface area contributed by atoms with Gasteiger partial charge in [-0.3, -0.25) is 9.20 Å². The molecule has 0 aliphatic heterocycles. The molecule has 0 spiro atoms. The summed E-state index contributed by atoms with van der Waals surface area (Å²) in [5, 5.41) is 7.28. The highest BCUT2D eigenvalue weighted by molar-refractivity contribution is 14.0. The molecule has 1 aromatic rings. The van der Waals surface area contributed by atoms with E-state index in [4.69, 9.17) is 0 Å². The van der Waals surface area contributed by atoms with Crippen LogP contribution in [0.15, 0.2) is 29.3 Å². The van der Waals surface area contributed by atoms with E-state index in [-0.39, 0.29) is 35.2 Å². The van der Waals surface area contributed by atoms with Crippen LogP contribution in [0, 0.1) is 5.82 Å². The number of nitrogens with zero attached hydrogens (tertiary/aromatic N) is 1. The lowest BCUT2D eigenvalue weighted by Crippen LogP contribution is -2.48. The van der Waals surface area contributed by atoms with Gasteiger partial charge in [0, 0.05) is 46.9 Å². The molecule has 0 radical (unpaired) electrons. The lowest BCUT2D eigenvalue weighted by atomic mass is 9.95. The molecule has 0 aromatic heterocycles. The molecular formula is C20H31FIN3OS. The minimum atomic E-state index is -0.717. The minimum absolute atomic E-state index is 0. The Morgan fingerprint density at radius 3 is 2.59 bits per heavy atom. The van der Waals surface area contributed by atoms with E-state index in [0.29, 0.717) is 11.3 Å². The zero-order chi connectivity index (χ0) is 18.6. The molecule has 3 atom stereocenters. The van der Waals surface area contributed by atoms with Crippen molar-refractivity contribution in [3.05, 3.63) is 35.6 Å². The average molecular weight is 507 g/mol. The van der Waals surface area contributed by atoms with Crippen molar-refractivity contribution in [1.82, 2.24) is 10.6 Å². The first-order valence-electron chi connectivity index (χ1n) is 9.67. The monoisotopic (exact) mass is 507 g/mol. The number of hydrogen-bond donors (Lipinski definition) is 2.